The van der Waals surface area contributed by atoms with Gasteiger partial charge in [-0.1, -0.05) is 0 Å². The minimum atomic E-state index is -4.01. The molecule has 1 atom stereocenters. The van der Waals surface area contributed by atoms with E-state index < -0.39 is 22.0 Å². The summed E-state index contributed by atoms with van der Waals surface area (Å²) in [6.45, 7) is 1.21. The first-order valence-corrected chi connectivity index (χ1v) is 6.68. The molecule has 0 aromatic carbocycles. The van der Waals surface area contributed by atoms with E-state index in [1.54, 1.807) is 0 Å². The fraction of sp³-hybridized carbons (Fsp3) is 0.250. The van der Waals surface area contributed by atoms with E-state index >= 15 is 0 Å². The van der Waals surface area contributed by atoms with Crippen LogP contribution < -0.4 is 10.5 Å². The first-order valence-electron chi connectivity index (χ1n) is 4.40. The molecule has 4 N–H and O–H groups in total. The molecule has 1 heterocycles. The van der Waals surface area contributed by atoms with Gasteiger partial charge >= 0.3 is 5.97 Å². The standard InChI is InChI=1S/C8H10BrN3O4S/c1-4(8(13)14)12-17(15,16)6-2-5(9)3-11-7(6)10/h2-4,12H,1H3,(H2,10,11)(H,13,14). The fourth-order valence-corrected chi connectivity index (χ4v) is 2.78. The first kappa shape index (κ1) is 13.9. The van der Waals surface area contributed by atoms with Crippen LogP contribution in [0.4, 0.5) is 5.82 Å². The van der Waals surface area contributed by atoms with Crippen molar-refractivity contribution in [2.45, 2.75) is 17.9 Å². The number of rotatable bonds is 4. The second-order valence-corrected chi connectivity index (χ2v) is 5.82. The van der Waals surface area contributed by atoms with Crippen molar-refractivity contribution in [1.82, 2.24) is 9.71 Å². The number of carboxylic acid groups (broad SMARTS) is 1. The molecule has 0 bridgehead atoms. The number of halogens is 1. The number of nitrogens with two attached hydrogens (primary N) is 1. The molecular weight excluding hydrogens is 314 g/mol. The van der Waals surface area contributed by atoms with Gasteiger partial charge in [-0.2, -0.15) is 4.72 Å². The minimum Gasteiger partial charge on any atom is -0.480 e. The van der Waals surface area contributed by atoms with Crippen molar-refractivity contribution in [2.24, 2.45) is 0 Å². The number of nitrogens with zero attached hydrogens (tertiary/aromatic N) is 1. The van der Waals surface area contributed by atoms with Crippen LogP contribution in [0, 0.1) is 0 Å². The Hall–Kier alpha value is -1.19. The Morgan fingerprint density at radius 2 is 2.24 bits per heavy atom. The zero-order valence-corrected chi connectivity index (χ0v) is 11.1. The average molecular weight is 324 g/mol. The molecule has 1 unspecified atom stereocenters. The van der Waals surface area contributed by atoms with Gasteiger partial charge in [0.15, 0.2) is 0 Å². The maximum Gasteiger partial charge on any atom is 0.321 e. The number of hydrogen-bond acceptors (Lipinski definition) is 5. The molecule has 1 aromatic rings. The van der Waals surface area contributed by atoms with Crippen molar-refractivity contribution in [3.8, 4) is 0 Å². The van der Waals surface area contributed by atoms with Crippen LogP contribution in [0.1, 0.15) is 6.92 Å². The predicted octanol–water partition coefficient (Wildman–Crippen LogP) is 0.178. The van der Waals surface area contributed by atoms with Crippen molar-refractivity contribution in [3.63, 3.8) is 0 Å². The van der Waals surface area contributed by atoms with Crippen LogP contribution in [-0.2, 0) is 14.8 Å². The largest absolute Gasteiger partial charge is 0.480 e. The van der Waals surface area contributed by atoms with Crippen LogP contribution in [0.2, 0.25) is 0 Å². The molecule has 0 amide bonds. The molecule has 7 nitrogen and oxygen atoms in total. The third kappa shape index (κ3) is 3.38. The fourth-order valence-electron chi connectivity index (χ4n) is 0.993. The number of carbonyl (C=O) groups is 1. The van der Waals surface area contributed by atoms with Gasteiger partial charge in [-0.15, -0.1) is 0 Å². The molecule has 0 fully saturated rings. The maximum atomic E-state index is 11.8. The van der Waals surface area contributed by atoms with Crippen LogP contribution >= 0.6 is 15.9 Å². The summed E-state index contributed by atoms with van der Waals surface area (Å²) >= 11 is 3.06. The number of sulfonamides is 1. The third-order valence-electron chi connectivity index (χ3n) is 1.84. The summed E-state index contributed by atoms with van der Waals surface area (Å²) in [7, 11) is -4.01. The molecule has 0 saturated heterocycles. The Morgan fingerprint density at radius 1 is 1.65 bits per heavy atom. The van der Waals surface area contributed by atoms with Gasteiger partial charge in [-0.3, -0.25) is 4.79 Å². The van der Waals surface area contributed by atoms with E-state index in [-0.39, 0.29) is 10.7 Å². The van der Waals surface area contributed by atoms with Crippen molar-refractivity contribution < 1.29 is 18.3 Å². The van der Waals surface area contributed by atoms with Crippen LogP contribution in [0.3, 0.4) is 0 Å². The van der Waals surface area contributed by atoms with Crippen molar-refractivity contribution in [2.75, 3.05) is 5.73 Å². The highest BCUT2D eigenvalue weighted by atomic mass is 79.9. The molecule has 9 heteroatoms. The Labute approximate surface area is 106 Å². The van der Waals surface area contributed by atoms with Crippen LogP contribution in [0.25, 0.3) is 0 Å². The Bertz CT molecular complexity index is 546. The molecule has 0 spiro atoms. The van der Waals surface area contributed by atoms with E-state index in [1.807, 2.05) is 4.72 Å². The zero-order valence-electron chi connectivity index (χ0n) is 8.71. The smallest absolute Gasteiger partial charge is 0.321 e. The quantitative estimate of drug-likeness (QED) is 0.726. The van der Waals surface area contributed by atoms with Gasteiger partial charge in [-0.25, -0.2) is 13.4 Å². The normalized spacial score (nSPS) is 13.3. The summed E-state index contributed by atoms with van der Waals surface area (Å²) in [5.41, 5.74) is 5.43. The molecule has 0 aliphatic rings. The zero-order chi connectivity index (χ0) is 13.2. The molecule has 1 aromatic heterocycles. The number of pyridine rings is 1. The number of nitrogen functional groups attached to an aromatic ring is 1. The maximum absolute atomic E-state index is 11.8. The van der Waals surface area contributed by atoms with Gasteiger partial charge in [0.2, 0.25) is 10.0 Å². The predicted molar refractivity (Wildman–Crippen MR) is 63.8 cm³/mol. The van der Waals surface area contributed by atoms with Gasteiger partial charge < -0.3 is 10.8 Å². The second kappa shape index (κ2) is 4.98. The molecule has 94 valence electrons. The number of anilines is 1. The molecule has 0 saturated carbocycles. The highest BCUT2D eigenvalue weighted by Gasteiger charge is 2.24. The molecule has 0 radical (unpaired) electrons. The Balaban J connectivity index is 3.13. The number of aromatic nitrogens is 1. The Kier molecular flexibility index (Phi) is 4.07. The summed E-state index contributed by atoms with van der Waals surface area (Å²) in [5, 5.41) is 8.63. The molecule has 0 aliphatic heterocycles. The van der Waals surface area contributed by atoms with E-state index in [2.05, 4.69) is 20.9 Å². The summed E-state index contributed by atoms with van der Waals surface area (Å²) in [6, 6.07) is -0.00226. The number of nitrogens with one attached hydrogen (secondary N) is 1. The number of carboxylic acids is 1. The number of aliphatic carboxylic acids is 1. The molecule has 17 heavy (non-hydrogen) atoms. The van der Waals surface area contributed by atoms with Gasteiger partial charge in [-0.05, 0) is 28.9 Å². The minimum absolute atomic E-state index is 0.196. The summed E-state index contributed by atoms with van der Waals surface area (Å²) < 4.78 is 26.0. The highest BCUT2D eigenvalue weighted by molar-refractivity contribution is 9.10. The van der Waals surface area contributed by atoms with Gasteiger partial charge in [0.1, 0.15) is 16.8 Å². The lowest BCUT2D eigenvalue weighted by molar-refractivity contribution is -0.138. The van der Waals surface area contributed by atoms with E-state index in [4.69, 9.17) is 10.8 Å². The number of hydrogen-bond donors (Lipinski definition) is 3. The lowest BCUT2D eigenvalue weighted by Gasteiger charge is -2.11. The van der Waals surface area contributed by atoms with Crippen molar-refractivity contribution >= 4 is 37.7 Å². The molecule has 0 aliphatic carbocycles. The van der Waals surface area contributed by atoms with E-state index in [0.717, 1.165) is 0 Å². The topological polar surface area (TPSA) is 122 Å². The van der Waals surface area contributed by atoms with Crippen LogP contribution in [0.15, 0.2) is 21.6 Å². The first-order chi connectivity index (χ1) is 7.74. The van der Waals surface area contributed by atoms with Crippen LogP contribution in [-0.4, -0.2) is 30.5 Å². The average Bonchev–Trinajstić information content (AvgIpc) is 2.20. The van der Waals surface area contributed by atoms with Crippen molar-refractivity contribution in [1.29, 1.82) is 0 Å². The lowest BCUT2D eigenvalue weighted by Crippen LogP contribution is -2.38. The van der Waals surface area contributed by atoms with Gasteiger partial charge in [0, 0.05) is 10.7 Å². The van der Waals surface area contributed by atoms with Crippen molar-refractivity contribution in [3.05, 3.63) is 16.7 Å². The monoisotopic (exact) mass is 323 g/mol. The van der Waals surface area contributed by atoms with Crippen LogP contribution in [0.5, 0.6) is 0 Å². The van der Waals surface area contributed by atoms with E-state index in [0.29, 0.717) is 4.47 Å². The molecular formula is C8H10BrN3O4S. The van der Waals surface area contributed by atoms with E-state index in [9.17, 15) is 13.2 Å². The third-order valence-corrected chi connectivity index (χ3v) is 3.84. The van der Waals surface area contributed by atoms with E-state index in [1.165, 1.54) is 19.2 Å². The SMILES string of the molecule is CC(NS(=O)(=O)c1cc(Br)cnc1N)C(=O)O. The van der Waals surface area contributed by atoms with Gasteiger partial charge in [0.05, 0.1) is 0 Å². The highest BCUT2D eigenvalue weighted by Crippen LogP contribution is 2.20. The summed E-state index contributed by atoms with van der Waals surface area (Å²) in [4.78, 5) is 14.0. The van der Waals surface area contributed by atoms with Gasteiger partial charge in [0.25, 0.3) is 0 Å². The Morgan fingerprint density at radius 3 is 2.76 bits per heavy atom. The summed E-state index contributed by atoms with van der Waals surface area (Å²) in [5.74, 6) is -1.48. The lowest BCUT2D eigenvalue weighted by atomic mass is 10.4. The summed E-state index contributed by atoms with van der Waals surface area (Å²) in [6.07, 6.45) is 1.34. The molecule has 1 rings (SSSR count). The second-order valence-electron chi connectivity index (χ2n) is 3.22.